The van der Waals surface area contributed by atoms with Gasteiger partial charge in [-0.1, -0.05) is 13.8 Å². The average molecular weight is 307 g/mol. The molecule has 0 aliphatic heterocycles. The summed E-state index contributed by atoms with van der Waals surface area (Å²) in [7, 11) is 0. The number of rotatable bonds is 7. The SMILES string of the molecule is CC(C)NC(COC1CC(CO)C(O)C(O)C1O)C(=O)O. The number of carbonyl (C=O) groups is 1. The van der Waals surface area contributed by atoms with Crippen molar-refractivity contribution in [3.05, 3.63) is 0 Å². The Morgan fingerprint density at radius 1 is 1.24 bits per heavy atom. The van der Waals surface area contributed by atoms with Gasteiger partial charge in [-0.3, -0.25) is 4.79 Å². The average Bonchev–Trinajstić information content (AvgIpc) is 2.42. The molecular formula is C13H25NO7. The Labute approximate surface area is 123 Å². The Hall–Kier alpha value is -0.770. The van der Waals surface area contributed by atoms with E-state index < -0.39 is 42.3 Å². The van der Waals surface area contributed by atoms with E-state index in [-0.39, 0.29) is 25.7 Å². The lowest BCUT2D eigenvalue weighted by atomic mass is 9.81. The van der Waals surface area contributed by atoms with E-state index in [2.05, 4.69) is 5.32 Å². The number of aliphatic hydroxyl groups excluding tert-OH is 4. The molecular weight excluding hydrogens is 282 g/mol. The summed E-state index contributed by atoms with van der Waals surface area (Å²) in [6.07, 6.45) is -4.67. The van der Waals surface area contributed by atoms with E-state index in [9.17, 15) is 20.1 Å². The molecule has 0 saturated heterocycles. The van der Waals surface area contributed by atoms with Gasteiger partial charge >= 0.3 is 5.97 Å². The van der Waals surface area contributed by atoms with E-state index in [0.29, 0.717) is 0 Å². The van der Waals surface area contributed by atoms with Gasteiger partial charge in [-0.25, -0.2) is 0 Å². The van der Waals surface area contributed by atoms with Gasteiger partial charge in [0.15, 0.2) is 0 Å². The molecule has 0 amide bonds. The van der Waals surface area contributed by atoms with E-state index in [1.165, 1.54) is 0 Å². The number of hydrogen-bond acceptors (Lipinski definition) is 7. The van der Waals surface area contributed by atoms with Gasteiger partial charge in [-0.2, -0.15) is 0 Å². The zero-order valence-corrected chi connectivity index (χ0v) is 12.2. The summed E-state index contributed by atoms with van der Waals surface area (Å²) >= 11 is 0. The molecule has 6 unspecified atom stereocenters. The smallest absolute Gasteiger partial charge is 0.323 e. The molecule has 8 heteroatoms. The van der Waals surface area contributed by atoms with E-state index >= 15 is 0 Å². The fraction of sp³-hybridized carbons (Fsp3) is 0.923. The maximum absolute atomic E-state index is 11.1. The summed E-state index contributed by atoms with van der Waals surface area (Å²) < 4.78 is 5.39. The molecule has 1 fully saturated rings. The number of aliphatic hydroxyl groups is 4. The molecule has 21 heavy (non-hydrogen) atoms. The van der Waals surface area contributed by atoms with Crippen LogP contribution in [0.25, 0.3) is 0 Å². The predicted molar refractivity (Wildman–Crippen MR) is 72.6 cm³/mol. The Morgan fingerprint density at radius 3 is 2.33 bits per heavy atom. The van der Waals surface area contributed by atoms with Crippen LogP contribution in [0.15, 0.2) is 0 Å². The minimum absolute atomic E-state index is 0.0522. The quantitative estimate of drug-likeness (QED) is 0.315. The normalized spacial score (nSPS) is 34.9. The van der Waals surface area contributed by atoms with Crippen LogP contribution in [0.2, 0.25) is 0 Å². The number of aliphatic carboxylic acids is 1. The summed E-state index contributed by atoms with van der Waals surface area (Å²) in [5, 5.41) is 50.3. The van der Waals surface area contributed by atoms with Crippen LogP contribution in [0.5, 0.6) is 0 Å². The Kier molecular flexibility index (Phi) is 6.98. The number of carboxylic acid groups (broad SMARTS) is 1. The second-order valence-electron chi connectivity index (χ2n) is 5.73. The van der Waals surface area contributed by atoms with Crippen LogP contribution >= 0.6 is 0 Å². The second-order valence-corrected chi connectivity index (χ2v) is 5.73. The molecule has 1 aliphatic rings. The molecule has 1 saturated carbocycles. The van der Waals surface area contributed by atoms with Crippen molar-refractivity contribution in [2.75, 3.05) is 13.2 Å². The first-order valence-electron chi connectivity index (χ1n) is 7.03. The highest BCUT2D eigenvalue weighted by Crippen LogP contribution is 2.27. The van der Waals surface area contributed by atoms with Crippen LogP contribution in [0.4, 0.5) is 0 Å². The van der Waals surface area contributed by atoms with Crippen LogP contribution in [0.1, 0.15) is 20.3 Å². The van der Waals surface area contributed by atoms with E-state index in [4.69, 9.17) is 14.9 Å². The van der Waals surface area contributed by atoms with Crippen molar-refractivity contribution >= 4 is 5.97 Å². The van der Waals surface area contributed by atoms with Gasteiger partial charge in [0, 0.05) is 18.6 Å². The summed E-state index contributed by atoms with van der Waals surface area (Å²) in [6, 6.07) is -0.989. The van der Waals surface area contributed by atoms with E-state index in [1.807, 2.05) is 0 Å². The van der Waals surface area contributed by atoms with Crippen molar-refractivity contribution in [2.45, 2.75) is 56.8 Å². The zero-order valence-electron chi connectivity index (χ0n) is 12.2. The minimum Gasteiger partial charge on any atom is -0.480 e. The Balaban J connectivity index is 2.61. The van der Waals surface area contributed by atoms with E-state index in [0.717, 1.165) is 0 Å². The largest absolute Gasteiger partial charge is 0.480 e. The first kappa shape index (κ1) is 18.3. The summed E-state index contributed by atoms with van der Waals surface area (Å²) in [4.78, 5) is 11.1. The van der Waals surface area contributed by atoms with Crippen LogP contribution < -0.4 is 5.32 Å². The van der Waals surface area contributed by atoms with Gasteiger partial charge in [0.25, 0.3) is 0 Å². The number of nitrogens with one attached hydrogen (secondary N) is 1. The molecule has 0 spiro atoms. The van der Waals surface area contributed by atoms with Crippen LogP contribution in [-0.2, 0) is 9.53 Å². The number of hydrogen-bond donors (Lipinski definition) is 6. The van der Waals surface area contributed by atoms with Crippen molar-refractivity contribution < 1.29 is 35.1 Å². The van der Waals surface area contributed by atoms with Crippen molar-refractivity contribution in [2.24, 2.45) is 5.92 Å². The van der Waals surface area contributed by atoms with E-state index in [1.54, 1.807) is 13.8 Å². The molecule has 0 aromatic carbocycles. The molecule has 124 valence electrons. The Morgan fingerprint density at radius 2 is 1.86 bits per heavy atom. The van der Waals surface area contributed by atoms with Crippen LogP contribution in [0.3, 0.4) is 0 Å². The predicted octanol–water partition coefficient (Wildman–Crippen LogP) is -2.08. The highest BCUT2D eigenvalue weighted by Gasteiger charge is 2.43. The lowest BCUT2D eigenvalue weighted by Gasteiger charge is -2.40. The molecule has 0 aromatic heterocycles. The highest BCUT2D eigenvalue weighted by atomic mass is 16.5. The molecule has 6 atom stereocenters. The first-order chi connectivity index (χ1) is 9.77. The van der Waals surface area contributed by atoms with Gasteiger partial charge in [0.1, 0.15) is 18.2 Å². The molecule has 1 aliphatic carbocycles. The lowest BCUT2D eigenvalue weighted by Crippen LogP contribution is -2.56. The van der Waals surface area contributed by atoms with Crippen molar-refractivity contribution in [3.63, 3.8) is 0 Å². The van der Waals surface area contributed by atoms with Crippen molar-refractivity contribution in [1.82, 2.24) is 5.32 Å². The molecule has 6 N–H and O–H groups in total. The molecule has 0 heterocycles. The maximum atomic E-state index is 11.1. The van der Waals surface area contributed by atoms with Crippen molar-refractivity contribution in [1.29, 1.82) is 0 Å². The fourth-order valence-electron chi connectivity index (χ4n) is 2.44. The third-order valence-corrected chi connectivity index (χ3v) is 3.64. The first-order valence-corrected chi connectivity index (χ1v) is 7.03. The molecule has 1 rings (SSSR count). The topological polar surface area (TPSA) is 139 Å². The molecule has 0 aromatic rings. The monoisotopic (exact) mass is 307 g/mol. The molecule has 0 radical (unpaired) electrons. The fourth-order valence-corrected chi connectivity index (χ4v) is 2.44. The third kappa shape index (κ3) is 4.87. The highest BCUT2D eigenvalue weighted by molar-refractivity contribution is 5.73. The van der Waals surface area contributed by atoms with Crippen LogP contribution in [0, 0.1) is 5.92 Å². The Bertz CT molecular complexity index is 336. The lowest BCUT2D eigenvalue weighted by molar-refractivity contribution is -0.181. The van der Waals surface area contributed by atoms with Gasteiger partial charge in [0.2, 0.25) is 0 Å². The summed E-state index contributed by atoms with van der Waals surface area (Å²) in [6.45, 7) is 3.06. The minimum atomic E-state index is -1.43. The third-order valence-electron chi connectivity index (χ3n) is 3.64. The summed E-state index contributed by atoms with van der Waals surface area (Å²) in [5.41, 5.74) is 0. The van der Waals surface area contributed by atoms with Gasteiger partial charge in [0.05, 0.1) is 18.8 Å². The number of carboxylic acids is 1. The van der Waals surface area contributed by atoms with Gasteiger partial charge in [-0.05, 0) is 6.42 Å². The van der Waals surface area contributed by atoms with Gasteiger partial charge < -0.3 is 35.6 Å². The van der Waals surface area contributed by atoms with Crippen molar-refractivity contribution in [3.8, 4) is 0 Å². The summed E-state index contributed by atoms with van der Waals surface area (Å²) in [5.74, 6) is -1.69. The molecule has 0 bridgehead atoms. The second kappa shape index (κ2) is 8.02. The zero-order chi connectivity index (χ0) is 16.2. The van der Waals surface area contributed by atoms with Crippen LogP contribution in [-0.4, -0.2) is 81.2 Å². The number of ether oxygens (including phenoxy) is 1. The molecule has 8 nitrogen and oxygen atoms in total. The van der Waals surface area contributed by atoms with Gasteiger partial charge in [-0.15, -0.1) is 0 Å². The standard InChI is InChI=1S/C13H25NO7/c1-6(2)14-8(13(19)20)5-21-9-3-7(4-15)10(16)12(18)11(9)17/h6-12,14-18H,3-5H2,1-2H3,(H,19,20). The maximum Gasteiger partial charge on any atom is 0.323 e.